The van der Waals surface area contributed by atoms with Crippen LogP contribution in [0.4, 0.5) is 0 Å². The number of aliphatic hydroxyl groups excluding tert-OH is 1. The maximum atomic E-state index is 10.8. The number of hydrogen-bond acceptors (Lipinski definition) is 2. The van der Waals surface area contributed by atoms with Gasteiger partial charge in [0.15, 0.2) is 0 Å². The van der Waals surface area contributed by atoms with Gasteiger partial charge in [0, 0.05) is 26.6 Å². The largest absolute Gasteiger partial charge is 0.396 e. The number of carbonyl (C=O) groups excluding carboxylic acids is 1. The average molecular weight is 156 g/mol. The molecule has 1 radical (unpaired) electrons. The minimum absolute atomic E-state index is 0.122. The van der Waals surface area contributed by atoms with Crippen molar-refractivity contribution < 1.29 is 9.90 Å². The minimum Gasteiger partial charge on any atom is -0.396 e. The SMILES string of the molecule is [CH2]C(=O)N1CCCC(CO)C1. The molecule has 3 nitrogen and oxygen atoms in total. The lowest BCUT2D eigenvalue weighted by Crippen LogP contribution is -2.39. The molecule has 0 aliphatic carbocycles. The molecule has 1 atom stereocenters. The van der Waals surface area contributed by atoms with Crippen LogP contribution in [0.5, 0.6) is 0 Å². The first-order valence-electron chi connectivity index (χ1n) is 3.95. The van der Waals surface area contributed by atoms with Gasteiger partial charge in [0.2, 0.25) is 5.91 Å². The summed E-state index contributed by atoms with van der Waals surface area (Å²) >= 11 is 0. The van der Waals surface area contributed by atoms with Crippen molar-refractivity contribution in [1.29, 1.82) is 0 Å². The molecule has 1 amide bonds. The Balaban J connectivity index is 2.39. The Morgan fingerprint density at radius 2 is 2.45 bits per heavy atom. The van der Waals surface area contributed by atoms with Crippen LogP contribution in [0.1, 0.15) is 12.8 Å². The van der Waals surface area contributed by atoms with Gasteiger partial charge in [-0.2, -0.15) is 0 Å². The van der Waals surface area contributed by atoms with E-state index in [1.165, 1.54) is 0 Å². The third-order valence-electron chi connectivity index (χ3n) is 2.13. The average Bonchev–Trinajstić information content (AvgIpc) is 2.05. The number of likely N-dealkylation sites (tertiary alicyclic amines) is 1. The van der Waals surface area contributed by atoms with Gasteiger partial charge in [-0.05, 0) is 18.8 Å². The summed E-state index contributed by atoms with van der Waals surface area (Å²) in [5.41, 5.74) is 0. The van der Waals surface area contributed by atoms with Crippen LogP contribution in [0.2, 0.25) is 0 Å². The lowest BCUT2D eigenvalue weighted by Gasteiger charge is -2.30. The van der Waals surface area contributed by atoms with Crippen molar-refractivity contribution in [2.24, 2.45) is 5.92 Å². The molecule has 0 aromatic heterocycles. The van der Waals surface area contributed by atoms with Gasteiger partial charge in [0.1, 0.15) is 0 Å². The fraction of sp³-hybridized carbons (Fsp3) is 0.750. The lowest BCUT2D eigenvalue weighted by atomic mass is 9.99. The van der Waals surface area contributed by atoms with E-state index in [1.807, 2.05) is 0 Å². The van der Waals surface area contributed by atoms with Gasteiger partial charge in [0.05, 0.1) is 0 Å². The van der Waals surface area contributed by atoms with Gasteiger partial charge >= 0.3 is 0 Å². The number of nitrogens with zero attached hydrogens (tertiary/aromatic N) is 1. The predicted octanol–water partition coefficient (Wildman–Crippen LogP) is 0.0514. The number of piperidine rings is 1. The third-order valence-corrected chi connectivity index (χ3v) is 2.13. The molecule has 11 heavy (non-hydrogen) atoms. The molecule has 1 N–H and O–H groups in total. The van der Waals surface area contributed by atoms with E-state index in [1.54, 1.807) is 4.90 Å². The van der Waals surface area contributed by atoms with Crippen LogP contribution < -0.4 is 0 Å². The summed E-state index contributed by atoms with van der Waals surface area (Å²) < 4.78 is 0. The monoisotopic (exact) mass is 156 g/mol. The van der Waals surface area contributed by atoms with Crippen molar-refractivity contribution >= 4 is 5.91 Å². The predicted molar refractivity (Wildman–Crippen MR) is 41.7 cm³/mol. The number of rotatable bonds is 1. The Kier molecular flexibility index (Phi) is 2.88. The van der Waals surface area contributed by atoms with Crippen LogP contribution in [-0.2, 0) is 4.79 Å². The van der Waals surface area contributed by atoms with Gasteiger partial charge in [-0.25, -0.2) is 0 Å². The Bertz CT molecular complexity index is 147. The van der Waals surface area contributed by atoms with E-state index in [0.717, 1.165) is 19.4 Å². The van der Waals surface area contributed by atoms with Crippen LogP contribution >= 0.6 is 0 Å². The molecule has 1 saturated heterocycles. The number of aliphatic hydroxyl groups is 1. The van der Waals surface area contributed by atoms with E-state index in [2.05, 4.69) is 6.92 Å². The Morgan fingerprint density at radius 1 is 1.73 bits per heavy atom. The summed E-state index contributed by atoms with van der Waals surface area (Å²) in [7, 11) is 0. The molecular formula is C8H14NO2. The zero-order valence-electron chi connectivity index (χ0n) is 6.62. The first-order valence-corrected chi connectivity index (χ1v) is 3.95. The molecule has 3 heteroatoms. The fourth-order valence-corrected chi connectivity index (χ4v) is 1.44. The van der Waals surface area contributed by atoms with Gasteiger partial charge in [-0.15, -0.1) is 0 Å². The van der Waals surface area contributed by atoms with Crippen LogP contribution in [-0.4, -0.2) is 35.6 Å². The van der Waals surface area contributed by atoms with Crippen molar-refractivity contribution in [2.75, 3.05) is 19.7 Å². The van der Waals surface area contributed by atoms with Crippen molar-refractivity contribution in [3.63, 3.8) is 0 Å². The molecule has 1 fully saturated rings. The number of amides is 1. The van der Waals surface area contributed by atoms with Crippen LogP contribution in [0.3, 0.4) is 0 Å². The summed E-state index contributed by atoms with van der Waals surface area (Å²) in [4.78, 5) is 12.5. The summed E-state index contributed by atoms with van der Waals surface area (Å²) in [6.45, 7) is 5.00. The first-order chi connectivity index (χ1) is 5.24. The van der Waals surface area contributed by atoms with E-state index < -0.39 is 0 Å². The Hall–Kier alpha value is -0.570. The normalized spacial score (nSPS) is 25.3. The fourth-order valence-electron chi connectivity index (χ4n) is 1.44. The maximum Gasteiger partial charge on any atom is 0.223 e. The summed E-state index contributed by atoms with van der Waals surface area (Å²) in [6.07, 6.45) is 2.02. The quantitative estimate of drug-likeness (QED) is 0.583. The van der Waals surface area contributed by atoms with E-state index in [9.17, 15) is 4.79 Å². The molecule has 0 spiro atoms. The van der Waals surface area contributed by atoms with E-state index >= 15 is 0 Å². The van der Waals surface area contributed by atoms with E-state index in [-0.39, 0.29) is 18.4 Å². The molecule has 0 aromatic rings. The van der Waals surface area contributed by atoms with Gasteiger partial charge < -0.3 is 10.0 Å². The van der Waals surface area contributed by atoms with E-state index in [0.29, 0.717) is 6.54 Å². The Morgan fingerprint density at radius 3 is 3.00 bits per heavy atom. The van der Waals surface area contributed by atoms with Crippen LogP contribution in [0.15, 0.2) is 0 Å². The second kappa shape index (κ2) is 3.72. The molecule has 0 aromatic carbocycles. The highest BCUT2D eigenvalue weighted by Gasteiger charge is 2.20. The standard InChI is InChI=1S/C8H14NO2/c1-7(11)9-4-2-3-8(5-9)6-10/h8,10H,1-6H2. The van der Waals surface area contributed by atoms with Crippen molar-refractivity contribution in [3.05, 3.63) is 6.92 Å². The topological polar surface area (TPSA) is 40.5 Å². The number of hydrogen-bond donors (Lipinski definition) is 1. The molecule has 63 valence electrons. The molecule has 1 unspecified atom stereocenters. The smallest absolute Gasteiger partial charge is 0.223 e. The molecule has 1 heterocycles. The zero-order valence-corrected chi connectivity index (χ0v) is 6.62. The third kappa shape index (κ3) is 2.19. The first kappa shape index (κ1) is 8.53. The second-order valence-corrected chi connectivity index (χ2v) is 3.03. The molecular weight excluding hydrogens is 142 g/mol. The summed E-state index contributed by atoms with van der Waals surface area (Å²) in [6, 6.07) is 0. The van der Waals surface area contributed by atoms with Crippen LogP contribution in [0.25, 0.3) is 0 Å². The zero-order chi connectivity index (χ0) is 8.27. The molecule has 0 saturated carbocycles. The highest BCUT2D eigenvalue weighted by molar-refractivity contribution is 5.80. The highest BCUT2D eigenvalue weighted by atomic mass is 16.3. The summed E-state index contributed by atoms with van der Waals surface area (Å²) in [5, 5.41) is 8.83. The van der Waals surface area contributed by atoms with Gasteiger partial charge in [0.25, 0.3) is 0 Å². The van der Waals surface area contributed by atoms with Gasteiger partial charge in [-0.3, -0.25) is 4.79 Å². The van der Waals surface area contributed by atoms with Gasteiger partial charge in [-0.1, -0.05) is 0 Å². The molecule has 1 aliphatic rings. The Labute approximate surface area is 67.0 Å². The number of carbonyl (C=O) groups is 1. The molecule has 1 aliphatic heterocycles. The summed E-state index contributed by atoms with van der Waals surface area (Å²) in [5.74, 6) is 0.151. The highest BCUT2D eigenvalue weighted by Crippen LogP contribution is 2.15. The van der Waals surface area contributed by atoms with E-state index in [4.69, 9.17) is 5.11 Å². The van der Waals surface area contributed by atoms with Crippen molar-refractivity contribution in [2.45, 2.75) is 12.8 Å². The second-order valence-electron chi connectivity index (χ2n) is 3.03. The maximum absolute atomic E-state index is 10.8. The molecule has 1 rings (SSSR count). The van der Waals surface area contributed by atoms with Crippen molar-refractivity contribution in [3.8, 4) is 0 Å². The van der Waals surface area contributed by atoms with Crippen LogP contribution in [0, 0.1) is 12.8 Å². The molecule has 0 bridgehead atoms. The lowest BCUT2D eigenvalue weighted by molar-refractivity contribution is -0.128. The van der Waals surface area contributed by atoms with Crippen molar-refractivity contribution in [1.82, 2.24) is 4.90 Å². The minimum atomic E-state index is -0.122.